The van der Waals surface area contributed by atoms with E-state index in [2.05, 4.69) is 5.32 Å². The van der Waals surface area contributed by atoms with Gasteiger partial charge in [-0.2, -0.15) is 0 Å². The van der Waals surface area contributed by atoms with Crippen molar-refractivity contribution in [3.05, 3.63) is 35.4 Å². The normalized spacial score (nSPS) is 15.4. The average molecular weight is 290 g/mol. The maximum absolute atomic E-state index is 12.0. The van der Waals surface area contributed by atoms with Crippen LogP contribution >= 0.6 is 0 Å². The number of urea groups is 1. The number of esters is 1. The number of hydrogen-bond donors (Lipinski definition) is 2. The molecule has 1 fully saturated rings. The monoisotopic (exact) mass is 290 g/mol. The van der Waals surface area contributed by atoms with E-state index in [0.29, 0.717) is 24.6 Å². The molecule has 0 unspecified atom stereocenters. The van der Waals surface area contributed by atoms with Gasteiger partial charge >= 0.3 is 12.0 Å². The van der Waals surface area contributed by atoms with Gasteiger partial charge in [-0.05, 0) is 36.5 Å². The summed E-state index contributed by atoms with van der Waals surface area (Å²) in [6.45, 7) is 0.872. The molecule has 114 valence electrons. The van der Waals surface area contributed by atoms with Crippen LogP contribution in [0, 0.1) is 5.92 Å². The molecule has 2 rings (SSSR count). The molecule has 0 aromatic heterocycles. The van der Waals surface area contributed by atoms with Crippen LogP contribution in [-0.2, 0) is 11.3 Å². The molecular weight excluding hydrogens is 268 g/mol. The van der Waals surface area contributed by atoms with Crippen molar-refractivity contribution in [2.24, 2.45) is 11.7 Å². The van der Waals surface area contributed by atoms with Crippen LogP contribution in [0.4, 0.5) is 4.79 Å². The highest BCUT2D eigenvalue weighted by molar-refractivity contribution is 5.89. The summed E-state index contributed by atoms with van der Waals surface area (Å²) in [4.78, 5) is 22.6. The minimum atomic E-state index is -0.564. The minimum absolute atomic E-state index is 0.282. The molecule has 0 radical (unpaired) electrons. The van der Waals surface area contributed by atoms with Crippen LogP contribution in [0.1, 0.15) is 48.0 Å². The van der Waals surface area contributed by atoms with Crippen LogP contribution in [0.5, 0.6) is 0 Å². The first-order valence-corrected chi connectivity index (χ1v) is 7.44. The van der Waals surface area contributed by atoms with Crippen molar-refractivity contribution in [3.8, 4) is 0 Å². The molecule has 5 heteroatoms. The molecule has 2 amide bonds. The Morgan fingerprint density at radius 1 is 1.14 bits per heavy atom. The Bertz CT molecular complexity index is 479. The van der Waals surface area contributed by atoms with Gasteiger partial charge in [-0.3, -0.25) is 0 Å². The number of nitrogens with two attached hydrogens (primary N) is 1. The first-order valence-electron chi connectivity index (χ1n) is 7.44. The molecular formula is C16H22N2O3. The molecule has 1 aromatic carbocycles. The van der Waals surface area contributed by atoms with E-state index >= 15 is 0 Å². The largest absolute Gasteiger partial charge is 0.462 e. The van der Waals surface area contributed by atoms with Crippen LogP contribution < -0.4 is 11.1 Å². The molecule has 0 aliphatic heterocycles. The number of nitrogens with one attached hydrogen (secondary N) is 1. The van der Waals surface area contributed by atoms with Crippen molar-refractivity contribution >= 4 is 12.0 Å². The lowest BCUT2D eigenvalue weighted by Gasteiger charge is -2.21. The number of hydrogen-bond acceptors (Lipinski definition) is 3. The summed E-state index contributed by atoms with van der Waals surface area (Å²) >= 11 is 0. The van der Waals surface area contributed by atoms with E-state index in [0.717, 1.165) is 18.4 Å². The summed E-state index contributed by atoms with van der Waals surface area (Å²) in [5, 5.41) is 2.50. The van der Waals surface area contributed by atoms with Crippen molar-refractivity contribution in [1.82, 2.24) is 5.32 Å². The lowest BCUT2D eigenvalue weighted by molar-refractivity contribution is 0.0410. The van der Waals surface area contributed by atoms with E-state index in [1.54, 1.807) is 24.3 Å². The second-order valence-electron chi connectivity index (χ2n) is 5.52. The highest BCUT2D eigenvalue weighted by Gasteiger charge is 2.16. The van der Waals surface area contributed by atoms with E-state index in [-0.39, 0.29) is 5.97 Å². The SMILES string of the molecule is NC(=O)NCc1ccc(C(=O)OCC2CCCCC2)cc1. The van der Waals surface area contributed by atoms with E-state index in [1.807, 2.05) is 0 Å². The van der Waals surface area contributed by atoms with Crippen LogP contribution in [0.25, 0.3) is 0 Å². The predicted molar refractivity (Wildman–Crippen MR) is 79.7 cm³/mol. The fraction of sp³-hybridized carbons (Fsp3) is 0.500. The van der Waals surface area contributed by atoms with Crippen molar-refractivity contribution < 1.29 is 14.3 Å². The summed E-state index contributed by atoms with van der Waals surface area (Å²) in [6.07, 6.45) is 6.09. The summed E-state index contributed by atoms with van der Waals surface area (Å²) in [5.41, 5.74) is 6.43. The van der Waals surface area contributed by atoms with Crippen molar-refractivity contribution in [2.45, 2.75) is 38.6 Å². The Morgan fingerprint density at radius 2 is 1.81 bits per heavy atom. The number of primary amides is 1. The standard InChI is InChI=1S/C16H22N2O3/c17-16(20)18-10-12-6-8-14(9-7-12)15(19)21-11-13-4-2-1-3-5-13/h6-9,13H,1-5,10-11H2,(H3,17,18,20). The van der Waals surface area contributed by atoms with Crippen LogP contribution in [-0.4, -0.2) is 18.6 Å². The highest BCUT2D eigenvalue weighted by atomic mass is 16.5. The molecule has 1 aliphatic carbocycles. The van der Waals surface area contributed by atoms with Crippen LogP contribution in [0.3, 0.4) is 0 Å². The fourth-order valence-corrected chi connectivity index (χ4v) is 2.58. The third kappa shape index (κ3) is 5.10. The number of ether oxygens (including phenoxy) is 1. The number of rotatable bonds is 5. The molecule has 0 heterocycles. The number of carbonyl (C=O) groups is 2. The molecule has 1 aromatic rings. The minimum Gasteiger partial charge on any atom is -0.462 e. The first-order chi connectivity index (χ1) is 10.1. The van der Waals surface area contributed by atoms with Crippen molar-refractivity contribution in [1.29, 1.82) is 0 Å². The third-order valence-corrected chi connectivity index (χ3v) is 3.83. The maximum atomic E-state index is 12.0. The van der Waals surface area contributed by atoms with E-state index in [4.69, 9.17) is 10.5 Å². The molecule has 1 aliphatic rings. The molecule has 0 atom stereocenters. The lowest BCUT2D eigenvalue weighted by atomic mass is 9.90. The van der Waals surface area contributed by atoms with E-state index in [1.165, 1.54) is 19.3 Å². The molecule has 0 saturated heterocycles. The number of carbonyl (C=O) groups excluding carboxylic acids is 2. The topological polar surface area (TPSA) is 81.4 Å². The smallest absolute Gasteiger partial charge is 0.338 e. The van der Waals surface area contributed by atoms with E-state index in [9.17, 15) is 9.59 Å². The molecule has 5 nitrogen and oxygen atoms in total. The quantitative estimate of drug-likeness (QED) is 0.818. The van der Waals surface area contributed by atoms with Gasteiger partial charge in [0.25, 0.3) is 0 Å². The van der Waals surface area contributed by atoms with Gasteiger partial charge in [0.1, 0.15) is 0 Å². The maximum Gasteiger partial charge on any atom is 0.338 e. The summed E-state index contributed by atoms with van der Waals surface area (Å²) in [7, 11) is 0. The molecule has 1 saturated carbocycles. The molecule has 21 heavy (non-hydrogen) atoms. The van der Waals surface area contributed by atoms with Crippen LogP contribution in [0.15, 0.2) is 24.3 Å². The third-order valence-electron chi connectivity index (χ3n) is 3.83. The lowest BCUT2D eigenvalue weighted by Crippen LogP contribution is -2.28. The molecule has 0 spiro atoms. The second-order valence-corrected chi connectivity index (χ2v) is 5.52. The predicted octanol–water partition coefficient (Wildman–Crippen LogP) is 2.59. The van der Waals surface area contributed by atoms with Gasteiger partial charge in [-0.1, -0.05) is 31.4 Å². The van der Waals surface area contributed by atoms with Gasteiger partial charge in [-0.15, -0.1) is 0 Å². The van der Waals surface area contributed by atoms with Gasteiger partial charge < -0.3 is 15.8 Å². The first kappa shape index (κ1) is 15.4. The van der Waals surface area contributed by atoms with Gasteiger partial charge in [0.2, 0.25) is 0 Å². The summed E-state index contributed by atoms with van der Waals surface area (Å²) < 4.78 is 5.38. The Labute approximate surface area is 124 Å². The highest BCUT2D eigenvalue weighted by Crippen LogP contribution is 2.24. The number of amides is 2. The van der Waals surface area contributed by atoms with E-state index < -0.39 is 6.03 Å². The Kier molecular flexibility index (Phi) is 5.60. The zero-order valence-electron chi connectivity index (χ0n) is 12.1. The van der Waals surface area contributed by atoms with Gasteiger partial charge in [0.05, 0.1) is 12.2 Å². The second kappa shape index (κ2) is 7.67. The fourth-order valence-electron chi connectivity index (χ4n) is 2.58. The van der Waals surface area contributed by atoms with Crippen molar-refractivity contribution in [2.75, 3.05) is 6.61 Å². The summed E-state index contributed by atoms with van der Waals surface area (Å²) in [6, 6.07) is 6.42. The zero-order valence-corrected chi connectivity index (χ0v) is 12.1. The Hall–Kier alpha value is -2.04. The number of benzene rings is 1. The molecule has 3 N–H and O–H groups in total. The van der Waals surface area contributed by atoms with Crippen LogP contribution in [0.2, 0.25) is 0 Å². The molecule has 0 bridgehead atoms. The van der Waals surface area contributed by atoms with Gasteiger partial charge in [-0.25, -0.2) is 9.59 Å². The zero-order chi connectivity index (χ0) is 15.1. The van der Waals surface area contributed by atoms with Gasteiger partial charge in [0, 0.05) is 6.54 Å². The summed E-state index contributed by atoms with van der Waals surface area (Å²) in [5.74, 6) is 0.233. The Morgan fingerprint density at radius 3 is 2.43 bits per heavy atom. The average Bonchev–Trinajstić information content (AvgIpc) is 2.52. The van der Waals surface area contributed by atoms with Gasteiger partial charge in [0.15, 0.2) is 0 Å². The Balaban J connectivity index is 1.80. The van der Waals surface area contributed by atoms with Crippen molar-refractivity contribution in [3.63, 3.8) is 0 Å².